The van der Waals surface area contributed by atoms with E-state index in [2.05, 4.69) is 15.0 Å². The molecule has 0 amide bonds. The van der Waals surface area contributed by atoms with Gasteiger partial charge < -0.3 is 4.74 Å². The van der Waals surface area contributed by atoms with Crippen LogP contribution in [0.5, 0.6) is 0 Å². The minimum absolute atomic E-state index is 0.933. The number of nitrogens with zero attached hydrogens (tertiary/aromatic N) is 3. The predicted octanol–water partition coefficient (Wildman–Crippen LogP) is 1.35. The van der Waals surface area contributed by atoms with Crippen molar-refractivity contribution in [2.45, 2.75) is 30.6 Å². The van der Waals surface area contributed by atoms with Gasteiger partial charge in [-0.15, -0.1) is 0 Å². The molecule has 2 atom stereocenters. The summed E-state index contributed by atoms with van der Waals surface area (Å²) >= 11 is 0. The normalized spacial score (nSPS) is 31.4. The van der Waals surface area contributed by atoms with Gasteiger partial charge >= 0.3 is 12.1 Å². The maximum atomic E-state index is 12.9. The number of carbonyl (C=O) groups is 1. The Bertz CT molecular complexity index is 411. The van der Waals surface area contributed by atoms with Gasteiger partial charge in [-0.1, -0.05) is 0 Å². The molecule has 7 nitrogen and oxygen atoms in total. The summed E-state index contributed by atoms with van der Waals surface area (Å²) in [4.78, 5) is 20.5. The van der Waals surface area contributed by atoms with Crippen LogP contribution in [0.4, 0.5) is 13.2 Å². The number of hydrogen-bond donors (Lipinski definition) is 0. The van der Waals surface area contributed by atoms with Gasteiger partial charge in [0.05, 0.1) is 7.11 Å². The molecule has 0 saturated heterocycles. The number of ether oxygens (including phenoxy) is 1. The molecule has 18 heavy (non-hydrogen) atoms. The molecule has 1 aliphatic heterocycles. The maximum absolute atomic E-state index is 12.9. The van der Waals surface area contributed by atoms with Gasteiger partial charge in [-0.25, -0.2) is 4.79 Å². The van der Waals surface area contributed by atoms with Gasteiger partial charge in [0.2, 0.25) is 12.1 Å². The van der Waals surface area contributed by atoms with Crippen LogP contribution >= 0.6 is 0 Å². The Balaban J connectivity index is 3.11. The number of rotatable bonds is 3. The third kappa shape index (κ3) is 2.27. The van der Waals surface area contributed by atoms with E-state index < -0.39 is 41.1 Å². The van der Waals surface area contributed by atoms with Crippen molar-refractivity contribution in [3.05, 3.63) is 10.1 Å². The minimum Gasteiger partial charge on any atom is -0.467 e. The Morgan fingerprint density at radius 2 is 2.06 bits per heavy atom. The second-order valence-corrected chi connectivity index (χ2v) is 4.16. The monoisotopic (exact) mass is 269 g/mol. The van der Waals surface area contributed by atoms with Crippen LogP contribution in [0.2, 0.25) is 0 Å². The van der Waals surface area contributed by atoms with E-state index in [-0.39, 0.29) is 0 Å². The van der Waals surface area contributed by atoms with E-state index in [4.69, 9.17) is 0 Å². The molecule has 0 N–H and O–H groups in total. The largest absolute Gasteiger partial charge is 0.467 e. The Morgan fingerprint density at radius 3 is 2.44 bits per heavy atom. The summed E-state index contributed by atoms with van der Waals surface area (Å²) in [5.74, 6) is -1.01. The van der Waals surface area contributed by atoms with Crippen molar-refractivity contribution >= 4 is 5.97 Å². The molecule has 0 fully saturated rings. The number of methoxy groups -OCH3 is 1. The predicted molar refractivity (Wildman–Crippen MR) is 50.5 cm³/mol. The second kappa shape index (κ2) is 4.18. The maximum Gasteiger partial charge on any atom is 0.421 e. The summed E-state index contributed by atoms with van der Waals surface area (Å²) in [5.41, 5.74) is -4.82. The average Bonchev–Trinajstić information content (AvgIpc) is 2.56. The molecule has 0 unspecified atom stereocenters. The van der Waals surface area contributed by atoms with Crippen molar-refractivity contribution in [3.63, 3.8) is 0 Å². The van der Waals surface area contributed by atoms with Crippen molar-refractivity contribution in [1.29, 1.82) is 0 Å². The van der Waals surface area contributed by atoms with Crippen LogP contribution in [0, 0.1) is 10.1 Å². The Morgan fingerprint density at radius 1 is 1.50 bits per heavy atom. The summed E-state index contributed by atoms with van der Waals surface area (Å²) in [6.45, 7) is -0.373. The molecule has 10 heteroatoms. The van der Waals surface area contributed by atoms with Crippen LogP contribution in [0.25, 0.3) is 0 Å². The highest BCUT2D eigenvalue weighted by molar-refractivity contribution is 5.81. The first-order chi connectivity index (χ1) is 8.06. The summed E-state index contributed by atoms with van der Waals surface area (Å²) in [6.07, 6.45) is -5.90. The first-order valence-corrected chi connectivity index (χ1v) is 4.77. The van der Waals surface area contributed by atoms with Crippen molar-refractivity contribution in [2.24, 2.45) is 10.2 Å². The Kier molecular flexibility index (Phi) is 3.32. The molecular weight excluding hydrogens is 259 g/mol. The minimum atomic E-state index is -4.96. The third-order valence-corrected chi connectivity index (χ3v) is 2.64. The molecule has 0 radical (unpaired) electrons. The number of azo groups is 1. The molecule has 0 aromatic rings. The third-order valence-electron chi connectivity index (χ3n) is 2.64. The van der Waals surface area contributed by atoms with Gasteiger partial charge in [0, 0.05) is 11.3 Å². The SMILES string of the molecule is COC(=O)[C@@]1(C)C[C@](C[N+](=O)[O-])(C(F)(F)F)N=N1. The van der Waals surface area contributed by atoms with Crippen LogP contribution in [-0.2, 0) is 9.53 Å². The molecule has 0 aliphatic carbocycles. The zero-order valence-corrected chi connectivity index (χ0v) is 9.52. The van der Waals surface area contributed by atoms with Crippen molar-refractivity contribution in [3.8, 4) is 0 Å². The number of esters is 1. The van der Waals surface area contributed by atoms with E-state index in [1.807, 2.05) is 0 Å². The number of alkyl halides is 3. The van der Waals surface area contributed by atoms with Gasteiger partial charge in [-0.2, -0.15) is 23.4 Å². The molecule has 0 saturated carbocycles. The smallest absolute Gasteiger partial charge is 0.421 e. The zero-order valence-electron chi connectivity index (χ0n) is 9.52. The lowest BCUT2D eigenvalue weighted by Crippen LogP contribution is -2.51. The van der Waals surface area contributed by atoms with Crippen LogP contribution in [0.3, 0.4) is 0 Å². The van der Waals surface area contributed by atoms with Crippen LogP contribution in [0.1, 0.15) is 13.3 Å². The Hall–Kier alpha value is -1.74. The molecule has 0 bridgehead atoms. The number of nitro groups is 1. The fourth-order valence-electron chi connectivity index (χ4n) is 1.73. The van der Waals surface area contributed by atoms with Gasteiger partial charge in [0.1, 0.15) is 0 Å². The lowest BCUT2D eigenvalue weighted by atomic mass is 9.85. The molecule has 0 aromatic carbocycles. The molecule has 1 heterocycles. The number of halogens is 3. The first-order valence-electron chi connectivity index (χ1n) is 4.77. The van der Waals surface area contributed by atoms with E-state index >= 15 is 0 Å². The summed E-state index contributed by atoms with van der Waals surface area (Å²) < 4.78 is 42.9. The van der Waals surface area contributed by atoms with Gasteiger partial charge in [0.15, 0.2) is 5.54 Å². The highest BCUT2D eigenvalue weighted by atomic mass is 19.4. The standard InChI is InChI=1S/C8H10F3N3O4/c1-6(5(15)18-2)3-7(13-12-6,4-14(16)17)8(9,10)11/h3-4H2,1-2H3/t6-,7+/m1/s1. The fourth-order valence-corrected chi connectivity index (χ4v) is 1.73. The summed E-state index contributed by atoms with van der Waals surface area (Å²) in [7, 11) is 0.990. The average molecular weight is 269 g/mol. The van der Waals surface area contributed by atoms with Crippen molar-refractivity contribution in [1.82, 2.24) is 0 Å². The summed E-state index contributed by atoms with van der Waals surface area (Å²) in [5, 5.41) is 16.5. The van der Waals surface area contributed by atoms with E-state index in [1.165, 1.54) is 0 Å². The number of carbonyl (C=O) groups excluding carboxylic acids is 1. The molecule has 1 aliphatic rings. The molecular formula is C8H10F3N3O4. The van der Waals surface area contributed by atoms with Crippen LogP contribution in [0.15, 0.2) is 10.2 Å². The highest BCUT2D eigenvalue weighted by Crippen LogP contribution is 2.46. The van der Waals surface area contributed by atoms with E-state index in [9.17, 15) is 28.1 Å². The first kappa shape index (κ1) is 14.3. The van der Waals surface area contributed by atoms with Gasteiger partial charge in [0.25, 0.3) is 0 Å². The number of hydrogen-bond acceptors (Lipinski definition) is 6. The fraction of sp³-hybridized carbons (Fsp3) is 0.875. The quantitative estimate of drug-likeness (QED) is 0.439. The van der Waals surface area contributed by atoms with Crippen LogP contribution in [-0.4, -0.2) is 41.8 Å². The highest BCUT2D eigenvalue weighted by Gasteiger charge is 2.66. The van der Waals surface area contributed by atoms with Crippen molar-refractivity contribution in [2.75, 3.05) is 13.7 Å². The lowest BCUT2D eigenvalue weighted by molar-refractivity contribution is -0.499. The molecule has 102 valence electrons. The summed E-state index contributed by atoms with van der Waals surface area (Å²) in [6, 6.07) is 0. The Labute approximate surface area is 99.2 Å². The van der Waals surface area contributed by atoms with Gasteiger partial charge in [-0.05, 0) is 6.92 Å². The topological polar surface area (TPSA) is 94.2 Å². The van der Waals surface area contributed by atoms with E-state index in [0.29, 0.717) is 0 Å². The van der Waals surface area contributed by atoms with Crippen molar-refractivity contribution < 1.29 is 27.6 Å². The van der Waals surface area contributed by atoms with E-state index in [0.717, 1.165) is 14.0 Å². The molecule has 0 spiro atoms. The van der Waals surface area contributed by atoms with Gasteiger partial charge in [-0.3, -0.25) is 10.1 Å². The molecule has 0 aromatic heterocycles. The lowest BCUT2D eigenvalue weighted by Gasteiger charge is -2.25. The molecule has 1 rings (SSSR count). The zero-order chi connectivity index (χ0) is 14.2. The van der Waals surface area contributed by atoms with Crippen LogP contribution < -0.4 is 0 Å². The van der Waals surface area contributed by atoms with E-state index in [1.54, 1.807) is 0 Å². The second-order valence-electron chi connectivity index (χ2n) is 4.16.